The Labute approximate surface area is 144 Å². The van der Waals surface area contributed by atoms with Crippen molar-refractivity contribution < 1.29 is 27.5 Å². The summed E-state index contributed by atoms with van der Waals surface area (Å²) >= 11 is 0. The van der Waals surface area contributed by atoms with E-state index in [-0.39, 0.29) is 18.7 Å². The molecule has 0 aromatic heterocycles. The first kappa shape index (κ1) is 22.5. The number of nitrogens with one attached hydrogen (secondary N) is 2. The van der Waals surface area contributed by atoms with Crippen LogP contribution in [0.4, 0.5) is 9.59 Å². The van der Waals surface area contributed by atoms with Crippen LogP contribution in [0, 0.1) is 0 Å². The van der Waals surface area contributed by atoms with E-state index < -0.39 is 39.3 Å². The van der Waals surface area contributed by atoms with Crippen LogP contribution in [0.5, 0.6) is 0 Å². The third-order valence-electron chi connectivity index (χ3n) is 2.45. The Morgan fingerprint density at radius 2 is 1.42 bits per heavy atom. The number of hydrogen-bond donors (Lipinski definition) is 2. The minimum Gasteiger partial charge on any atom is -0.444 e. The highest BCUT2D eigenvalue weighted by molar-refractivity contribution is 7.90. The summed E-state index contributed by atoms with van der Waals surface area (Å²) in [5.41, 5.74) is -1.32. The van der Waals surface area contributed by atoms with Crippen LogP contribution in [0.25, 0.3) is 0 Å². The maximum Gasteiger partial charge on any atom is 0.407 e. The molecular formula is C15H30N2O6S. The number of carbonyl (C=O) groups excluding carboxylic acids is 2. The van der Waals surface area contributed by atoms with Crippen molar-refractivity contribution in [3.63, 3.8) is 0 Å². The summed E-state index contributed by atoms with van der Waals surface area (Å²) in [5, 5.41) is 5.09. The standard InChI is InChI=1S/C15H30N2O6S/c1-14(2,3)22-12(18)16-10-11(8-9-24(7,20)21)17-13(19)23-15(4,5)6/h11H,8-10H2,1-7H3,(H,16,18)(H,17,19)/t11-/m0/s1. The van der Waals surface area contributed by atoms with E-state index in [0.717, 1.165) is 6.26 Å². The van der Waals surface area contributed by atoms with Gasteiger partial charge in [0.15, 0.2) is 0 Å². The molecule has 0 heterocycles. The molecule has 0 saturated heterocycles. The van der Waals surface area contributed by atoms with Gasteiger partial charge in [-0.1, -0.05) is 0 Å². The summed E-state index contributed by atoms with van der Waals surface area (Å²) in [6.45, 7) is 10.4. The fourth-order valence-corrected chi connectivity index (χ4v) is 2.29. The van der Waals surface area contributed by atoms with Gasteiger partial charge in [0, 0.05) is 12.8 Å². The Kier molecular flexibility index (Phi) is 8.01. The van der Waals surface area contributed by atoms with Gasteiger partial charge >= 0.3 is 12.2 Å². The lowest BCUT2D eigenvalue weighted by Crippen LogP contribution is -2.47. The molecule has 0 aliphatic rings. The summed E-state index contributed by atoms with van der Waals surface area (Å²) in [7, 11) is -3.19. The van der Waals surface area contributed by atoms with Gasteiger partial charge in [-0.15, -0.1) is 0 Å². The quantitative estimate of drug-likeness (QED) is 0.742. The van der Waals surface area contributed by atoms with Crippen LogP contribution in [-0.4, -0.2) is 56.4 Å². The van der Waals surface area contributed by atoms with Crippen LogP contribution < -0.4 is 10.6 Å². The van der Waals surface area contributed by atoms with Crippen molar-refractivity contribution in [2.24, 2.45) is 0 Å². The number of alkyl carbamates (subject to hydrolysis) is 2. The summed E-state index contributed by atoms with van der Waals surface area (Å²) in [4.78, 5) is 23.5. The highest BCUT2D eigenvalue weighted by atomic mass is 32.2. The highest BCUT2D eigenvalue weighted by Gasteiger charge is 2.22. The van der Waals surface area contributed by atoms with Gasteiger partial charge in [-0.3, -0.25) is 0 Å². The summed E-state index contributed by atoms with van der Waals surface area (Å²) in [5.74, 6) is -0.122. The molecule has 142 valence electrons. The molecule has 2 amide bonds. The first-order valence-corrected chi connectivity index (χ1v) is 9.77. The summed E-state index contributed by atoms with van der Waals surface area (Å²) in [6, 6.07) is -0.595. The van der Waals surface area contributed by atoms with Crippen molar-refractivity contribution >= 4 is 22.0 Å². The normalized spacial score (nSPS) is 13.8. The third kappa shape index (κ3) is 14.1. The molecule has 0 unspecified atom stereocenters. The van der Waals surface area contributed by atoms with E-state index >= 15 is 0 Å². The van der Waals surface area contributed by atoms with Crippen LogP contribution in [0.15, 0.2) is 0 Å². The average molecular weight is 366 g/mol. The molecule has 9 heteroatoms. The molecule has 0 aromatic carbocycles. The van der Waals surface area contributed by atoms with E-state index in [9.17, 15) is 18.0 Å². The van der Waals surface area contributed by atoms with Gasteiger partial charge < -0.3 is 20.1 Å². The van der Waals surface area contributed by atoms with E-state index in [1.54, 1.807) is 41.5 Å². The molecule has 0 rings (SSSR count). The molecule has 0 radical (unpaired) electrons. The van der Waals surface area contributed by atoms with Crippen LogP contribution >= 0.6 is 0 Å². The predicted octanol–water partition coefficient (Wildman–Crippen LogP) is 1.84. The molecule has 8 nitrogen and oxygen atoms in total. The average Bonchev–Trinajstić information content (AvgIpc) is 2.26. The predicted molar refractivity (Wildman–Crippen MR) is 91.7 cm³/mol. The molecule has 0 aliphatic heterocycles. The van der Waals surface area contributed by atoms with Gasteiger partial charge in [0.25, 0.3) is 0 Å². The number of ether oxygens (including phenoxy) is 2. The minimum absolute atomic E-state index is 0.0314. The third-order valence-corrected chi connectivity index (χ3v) is 3.43. The Balaban J connectivity index is 4.69. The zero-order valence-electron chi connectivity index (χ0n) is 15.6. The maximum absolute atomic E-state index is 11.8. The smallest absolute Gasteiger partial charge is 0.407 e. The molecule has 0 saturated carbocycles. The molecule has 24 heavy (non-hydrogen) atoms. The highest BCUT2D eigenvalue weighted by Crippen LogP contribution is 2.08. The van der Waals surface area contributed by atoms with Gasteiger partial charge in [0.2, 0.25) is 0 Å². The van der Waals surface area contributed by atoms with Crippen LogP contribution in [0.2, 0.25) is 0 Å². The monoisotopic (exact) mass is 366 g/mol. The lowest BCUT2D eigenvalue weighted by molar-refractivity contribution is 0.0462. The van der Waals surface area contributed by atoms with E-state index in [1.165, 1.54) is 0 Å². The summed E-state index contributed by atoms with van der Waals surface area (Å²) < 4.78 is 32.9. The van der Waals surface area contributed by atoms with Gasteiger partial charge in [-0.2, -0.15) is 0 Å². The molecule has 0 spiro atoms. The van der Waals surface area contributed by atoms with Gasteiger partial charge in [-0.05, 0) is 48.0 Å². The van der Waals surface area contributed by atoms with Crippen LogP contribution in [0.3, 0.4) is 0 Å². The molecule has 0 bridgehead atoms. The lowest BCUT2D eigenvalue weighted by Gasteiger charge is -2.25. The lowest BCUT2D eigenvalue weighted by atomic mass is 10.2. The van der Waals surface area contributed by atoms with Gasteiger partial charge in [0.1, 0.15) is 21.0 Å². The largest absolute Gasteiger partial charge is 0.444 e. The molecule has 0 fully saturated rings. The van der Waals surface area contributed by atoms with E-state index in [1.807, 2.05) is 0 Å². The Hall–Kier alpha value is -1.51. The van der Waals surface area contributed by atoms with Crippen molar-refractivity contribution in [1.82, 2.24) is 10.6 Å². The number of carbonyl (C=O) groups is 2. The second-order valence-electron chi connectivity index (χ2n) is 7.64. The second-order valence-corrected chi connectivity index (χ2v) is 9.90. The number of rotatable bonds is 6. The fraction of sp³-hybridized carbons (Fsp3) is 0.867. The summed E-state index contributed by atoms with van der Waals surface area (Å²) in [6.07, 6.45) is -0.0583. The fourth-order valence-electron chi connectivity index (χ4n) is 1.58. The van der Waals surface area contributed by atoms with E-state index in [4.69, 9.17) is 9.47 Å². The first-order valence-electron chi connectivity index (χ1n) is 7.71. The van der Waals surface area contributed by atoms with E-state index in [0.29, 0.717) is 0 Å². The molecular weight excluding hydrogens is 336 g/mol. The molecule has 1 atom stereocenters. The molecule has 0 aliphatic carbocycles. The number of hydrogen-bond acceptors (Lipinski definition) is 6. The Morgan fingerprint density at radius 3 is 1.83 bits per heavy atom. The van der Waals surface area contributed by atoms with Gasteiger partial charge in [-0.25, -0.2) is 18.0 Å². The second kappa shape index (κ2) is 8.55. The van der Waals surface area contributed by atoms with Crippen molar-refractivity contribution in [3.05, 3.63) is 0 Å². The number of amides is 2. The van der Waals surface area contributed by atoms with Crippen LogP contribution in [0.1, 0.15) is 48.0 Å². The zero-order valence-corrected chi connectivity index (χ0v) is 16.4. The topological polar surface area (TPSA) is 111 Å². The van der Waals surface area contributed by atoms with Crippen LogP contribution in [-0.2, 0) is 19.3 Å². The maximum atomic E-state index is 11.8. The first-order chi connectivity index (χ1) is 10.6. The van der Waals surface area contributed by atoms with Crippen molar-refractivity contribution in [1.29, 1.82) is 0 Å². The van der Waals surface area contributed by atoms with E-state index in [2.05, 4.69) is 10.6 Å². The molecule has 0 aromatic rings. The van der Waals surface area contributed by atoms with Gasteiger partial charge in [0.05, 0.1) is 11.8 Å². The zero-order chi connectivity index (χ0) is 19.2. The van der Waals surface area contributed by atoms with Crippen molar-refractivity contribution in [2.75, 3.05) is 18.6 Å². The Bertz CT molecular complexity index is 531. The Morgan fingerprint density at radius 1 is 0.958 bits per heavy atom. The van der Waals surface area contributed by atoms with Crippen molar-refractivity contribution in [3.8, 4) is 0 Å². The van der Waals surface area contributed by atoms with Crippen molar-refractivity contribution in [2.45, 2.75) is 65.2 Å². The minimum atomic E-state index is -3.19. The molecule has 2 N–H and O–H groups in total. The number of sulfone groups is 1. The SMILES string of the molecule is CC(C)(C)OC(=O)NC[C@H](CCS(C)(=O)=O)NC(=O)OC(C)(C)C.